The van der Waals surface area contributed by atoms with Crippen LogP contribution in [0.1, 0.15) is 13.8 Å². The molecule has 0 amide bonds. The van der Waals surface area contributed by atoms with Gasteiger partial charge in [-0.15, -0.1) is 0 Å². The summed E-state index contributed by atoms with van der Waals surface area (Å²) in [4.78, 5) is 10.4. The van der Waals surface area contributed by atoms with Crippen LogP contribution in [0.3, 0.4) is 0 Å². The Bertz CT molecular complexity index is 568. The summed E-state index contributed by atoms with van der Waals surface area (Å²) in [7, 11) is 1.89. The van der Waals surface area contributed by atoms with Crippen molar-refractivity contribution >= 4 is 22.7 Å². The van der Waals surface area contributed by atoms with Gasteiger partial charge in [0.15, 0.2) is 0 Å². The van der Waals surface area contributed by atoms with Crippen molar-refractivity contribution in [3.63, 3.8) is 0 Å². The highest BCUT2D eigenvalue weighted by Gasteiger charge is 2.25. The fourth-order valence-corrected chi connectivity index (χ4v) is 1.73. The van der Waals surface area contributed by atoms with Gasteiger partial charge in [0.2, 0.25) is 5.95 Å². The van der Waals surface area contributed by atoms with E-state index in [1.54, 1.807) is 0 Å². The molecule has 2 aromatic rings. The smallest absolute Gasteiger partial charge is 0.222 e. The van der Waals surface area contributed by atoms with Crippen LogP contribution in [0.15, 0.2) is 24.3 Å². The first kappa shape index (κ1) is 12.6. The van der Waals surface area contributed by atoms with Gasteiger partial charge in [0.1, 0.15) is 5.82 Å². The van der Waals surface area contributed by atoms with Crippen LogP contribution in [0.5, 0.6) is 0 Å². The fraction of sp³-hybridized carbons (Fsp3) is 0.385. The lowest BCUT2D eigenvalue weighted by atomic mass is 10.0. The minimum absolute atomic E-state index is 0.0295. The molecule has 0 radical (unpaired) electrons. The molecule has 0 spiro atoms. The van der Waals surface area contributed by atoms with Crippen LogP contribution < -0.4 is 10.6 Å². The summed E-state index contributed by atoms with van der Waals surface area (Å²) in [5, 5.41) is 10.4. The molecule has 3 N–H and O–H groups in total. The number of nitrogens with zero attached hydrogens (tertiary/aromatic N) is 3. The zero-order valence-corrected chi connectivity index (χ0v) is 10.9. The standard InChI is InChI=1S/C13H18N4O/c1-13(2,8-18)17(3)11-9-6-4-5-7-10(9)15-12(14)16-11/h4-7,18H,8H2,1-3H3,(H2,14,15,16). The molecular formula is C13H18N4O. The van der Waals surface area contributed by atoms with Crippen molar-refractivity contribution in [1.29, 1.82) is 0 Å². The number of anilines is 2. The molecule has 0 aliphatic carbocycles. The first-order valence-electron chi connectivity index (χ1n) is 5.82. The predicted octanol–water partition coefficient (Wildman–Crippen LogP) is 1.42. The molecule has 1 heterocycles. The van der Waals surface area contributed by atoms with Crippen molar-refractivity contribution in [2.75, 3.05) is 24.3 Å². The number of benzene rings is 1. The number of likely N-dealkylation sites (N-methyl/N-ethyl adjacent to an activating group) is 1. The number of fused-ring (bicyclic) bond motifs is 1. The van der Waals surface area contributed by atoms with Crippen molar-refractivity contribution in [2.45, 2.75) is 19.4 Å². The number of aromatic nitrogens is 2. The molecule has 0 unspecified atom stereocenters. The molecule has 18 heavy (non-hydrogen) atoms. The third-order valence-electron chi connectivity index (χ3n) is 3.21. The number of nitrogen functional groups attached to an aromatic ring is 1. The maximum absolute atomic E-state index is 9.45. The highest BCUT2D eigenvalue weighted by Crippen LogP contribution is 2.28. The molecule has 1 aromatic heterocycles. The lowest BCUT2D eigenvalue weighted by Gasteiger charge is -2.35. The molecule has 0 aliphatic heterocycles. The molecule has 0 aliphatic rings. The average molecular weight is 246 g/mol. The van der Waals surface area contributed by atoms with Gasteiger partial charge in [0, 0.05) is 12.4 Å². The third-order valence-corrected chi connectivity index (χ3v) is 3.21. The summed E-state index contributed by atoms with van der Waals surface area (Å²) in [6.45, 7) is 3.92. The second-order valence-corrected chi connectivity index (χ2v) is 4.95. The largest absolute Gasteiger partial charge is 0.394 e. The van der Waals surface area contributed by atoms with Crippen LogP contribution in [0.2, 0.25) is 0 Å². The molecule has 5 nitrogen and oxygen atoms in total. The van der Waals surface area contributed by atoms with E-state index >= 15 is 0 Å². The first-order valence-corrected chi connectivity index (χ1v) is 5.82. The van der Waals surface area contributed by atoms with Crippen LogP contribution in [-0.4, -0.2) is 34.3 Å². The van der Waals surface area contributed by atoms with Crippen LogP contribution >= 0.6 is 0 Å². The van der Waals surface area contributed by atoms with Gasteiger partial charge in [-0.2, -0.15) is 4.98 Å². The van der Waals surface area contributed by atoms with E-state index in [0.29, 0.717) is 0 Å². The van der Waals surface area contributed by atoms with Crippen molar-refractivity contribution in [3.8, 4) is 0 Å². The Morgan fingerprint density at radius 2 is 1.94 bits per heavy atom. The van der Waals surface area contributed by atoms with Crippen molar-refractivity contribution in [3.05, 3.63) is 24.3 Å². The zero-order chi connectivity index (χ0) is 13.3. The fourth-order valence-electron chi connectivity index (χ4n) is 1.73. The minimum Gasteiger partial charge on any atom is -0.394 e. The molecule has 0 saturated carbocycles. The second-order valence-electron chi connectivity index (χ2n) is 4.95. The van der Waals surface area contributed by atoms with Gasteiger partial charge in [-0.25, -0.2) is 4.98 Å². The monoisotopic (exact) mass is 246 g/mol. The summed E-state index contributed by atoms with van der Waals surface area (Å²) >= 11 is 0. The number of hydrogen-bond donors (Lipinski definition) is 2. The van der Waals surface area contributed by atoms with Gasteiger partial charge in [0.05, 0.1) is 17.7 Å². The number of aliphatic hydroxyl groups is 1. The van der Waals surface area contributed by atoms with E-state index < -0.39 is 5.54 Å². The Morgan fingerprint density at radius 3 is 2.61 bits per heavy atom. The highest BCUT2D eigenvalue weighted by molar-refractivity contribution is 5.90. The van der Waals surface area contributed by atoms with Crippen molar-refractivity contribution in [1.82, 2.24) is 9.97 Å². The van der Waals surface area contributed by atoms with Crippen LogP contribution in [0.4, 0.5) is 11.8 Å². The van der Waals surface area contributed by atoms with Crippen LogP contribution in [0, 0.1) is 0 Å². The van der Waals surface area contributed by atoms with E-state index in [4.69, 9.17) is 5.73 Å². The predicted molar refractivity (Wildman–Crippen MR) is 73.5 cm³/mol. The maximum atomic E-state index is 9.45. The van der Waals surface area contributed by atoms with Gasteiger partial charge in [-0.1, -0.05) is 12.1 Å². The molecule has 2 rings (SSSR count). The Morgan fingerprint density at radius 1 is 1.28 bits per heavy atom. The highest BCUT2D eigenvalue weighted by atomic mass is 16.3. The summed E-state index contributed by atoms with van der Waals surface area (Å²) in [6.07, 6.45) is 0. The lowest BCUT2D eigenvalue weighted by Crippen LogP contribution is -2.45. The van der Waals surface area contributed by atoms with Crippen molar-refractivity contribution < 1.29 is 5.11 Å². The number of nitrogens with two attached hydrogens (primary N) is 1. The summed E-state index contributed by atoms with van der Waals surface area (Å²) in [5.41, 5.74) is 6.13. The molecule has 5 heteroatoms. The van der Waals surface area contributed by atoms with E-state index in [-0.39, 0.29) is 12.6 Å². The normalized spacial score (nSPS) is 11.8. The number of rotatable bonds is 3. The Kier molecular flexibility index (Phi) is 3.09. The second kappa shape index (κ2) is 4.42. The Hall–Kier alpha value is -1.88. The molecule has 1 aromatic carbocycles. The van der Waals surface area contributed by atoms with Gasteiger partial charge in [-0.3, -0.25) is 0 Å². The van der Waals surface area contributed by atoms with Gasteiger partial charge in [0.25, 0.3) is 0 Å². The maximum Gasteiger partial charge on any atom is 0.222 e. The number of aliphatic hydroxyl groups excluding tert-OH is 1. The SMILES string of the molecule is CN(c1nc(N)nc2ccccc12)C(C)(C)CO. The van der Waals surface area contributed by atoms with Crippen LogP contribution in [0.25, 0.3) is 10.9 Å². The third kappa shape index (κ3) is 2.09. The van der Waals surface area contributed by atoms with E-state index in [2.05, 4.69) is 9.97 Å². The van der Waals surface area contributed by atoms with Gasteiger partial charge in [-0.05, 0) is 26.0 Å². The van der Waals surface area contributed by atoms with E-state index in [1.807, 2.05) is 50.1 Å². The molecule has 0 atom stereocenters. The topological polar surface area (TPSA) is 75.3 Å². The first-order chi connectivity index (χ1) is 8.45. The van der Waals surface area contributed by atoms with E-state index in [0.717, 1.165) is 16.7 Å². The average Bonchev–Trinajstić information content (AvgIpc) is 2.36. The number of hydrogen-bond acceptors (Lipinski definition) is 5. The molecule has 0 fully saturated rings. The van der Waals surface area contributed by atoms with Gasteiger partial charge >= 0.3 is 0 Å². The molecule has 96 valence electrons. The summed E-state index contributed by atoms with van der Waals surface area (Å²) in [5.74, 6) is 0.974. The Labute approximate surface area is 106 Å². The van der Waals surface area contributed by atoms with Crippen LogP contribution in [-0.2, 0) is 0 Å². The van der Waals surface area contributed by atoms with E-state index in [9.17, 15) is 5.11 Å². The molecular weight excluding hydrogens is 228 g/mol. The van der Waals surface area contributed by atoms with Crippen molar-refractivity contribution in [2.24, 2.45) is 0 Å². The molecule has 0 saturated heterocycles. The minimum atomic E-state index is -0.413. The molecule has 0 bridgehead atoms. The van der Waals surface area contributed by atoms with Gasteiger partial charge < -0.3 is 15.7 Å². The van der Waals surface area contributed by atoms with E-state index in [1.165, 1.54) is 0 Å². The summed E-state index contributed by atoms with van der Waals surface area (Å²) in [6, 6.07) is 7.70. The quantitative estimate of drug-likeness (QED) is 0.856. The zero-order valence-electron chi connectivity index (χ0n) is 10.9. The lowest BCUT2D eigenvalue weighted by molar-refractivity contribution is 0.216. The summed E-state index contributed by atoms with van der Waals surface area (Å²) < 4.78 is 0. The number of para-hydroxylation sites is 1. The Balaban J connectivity index is 2.63.